The van der Waals surface area contributed by atoms with Crippen LogP contribution in [0.25, 0.3) is 0 Å². The summed E-state index contributed by atoms with van der Waals surface area (Å²) in [6.07, 6.45) is 0. The van der Waals surface area contributed by atoms with Crippen LogP contribution in [0, 0.1) is 20.8 Å². The number of benzene rings is 2. The standard InChI is InChI=1S/C20H23N3OS/c1-14-6-5-7-17(11-14)13-25-20-22-21-19(23(20)4)12-24-18-9-8-15(2)10-16(18)3/h5-11H,12-13H2,1-4H3. The molecule has 0 saturated carbocycles. The number of ether oxygens (including phenoxy) is 1. The molecule has 0 atom stereocenters. The second-order valence-corrected chi connectivity index (χ2v) is 7.24. The lowest BCUT2D eigenvalue weighted by atomic mass is 10.1. The number of hydrogen-bond acceptors (Lipinski definition) is 4. The highest BCUT2D eigenvalue weighted by Crippen LogP contribution is 2.23. The van der Waals surface area contributed by atoms with Gasteiger partial charge in [-0.15, -0.1) is 10.2 Å². The molecule has 1 aromatic heterocycles. The lowest BCUT2D eigenvalue weighted by molar-refractivity contribution is 0.288. The van der Waals surface area contributed by atoms with E-state index in [2.05, 4.69) is 67.4 Å². The fourth-order valence-corrected chi connectivity index (χ4v) is 3.52. The van der Waals surface area contributed by atoms with Crippen LogP contribution in [-0.2, 0) is 19.4 Å². The van der Waals surface area contributed by atoms with E-state index in [9.17, 15) is 0 Å². The van der Waals surface area contributed by atoms with Crippen molar-refractivity contribution in [1.29, 1.82) is 0 Å². The smallest absolute Gasteiger partial charge is 0.191 e. The summed E-state index contributed by atoms with van der Waals surface area (Å²) >= 11 is 1.69. The number of thioether (sulfide) groups is 1. The van der Waals surface area contributed by atoms with Crippen LogP contribution in [0.15, 0.2) is 47.6 Å². The minimum absolute atomic E-state index is 0.415. The Morgan fingerprint density at radius 1 is 1.00 bits per heavy atom. The molecule has 3 aromatic rings. The molecular formula is C20H23N3OS. The summed E-state index contributed by atoms with van der Waals surface area (Å²) in [4.78, 5) is 0. The van der Waals surface area contributed by atoms with Crippen LogP contribution >= 0.6 is 11.8 Å². The number of aromatic nitrogens is 3. The maximum Gasteiger partial charge on any atom is 0.191 e. The van der Waals surface area contributed by atoms with Crippen LogP contribution in [0.3, 0.4) is 0 Å². The fourth-order valence-electron chi connectivity index (χ4n) is 2.65. The van der Waals surface area contributed by atoms with Gasteiger partial charge in [0, 0.05) is 12.8 Å². The van der Waals surface area contributed by atoms with Crippen molar-refractivity contribution >= 4 is 11.8 Å². The summed E-state index contributed by atoms with van der Waals surface area (Å²) in [6.45, 7) is 6.66. The molecule has 0 aliphatic carbocycles. The molecule has 0 N–H and O–H groups in total. The highest BCUT2D eigenvalue weighted by atomic mass is 32.2. The Balaban J connectivity index is 1.62. The monoisotopic (exact) mass is 353 g/mol. The van der Waals surface area contributed by atoms with Crippen molar-refractivity contribution < 1.29 is 4.74 Å². The molecule has 4 nitrogen and oxygen atoms in total. The third-order valence-electron chi connectivity index (χ3n) is 4.06. The Bertz CT molecular complexity index is 873. The Morgan fingerprint density at radius 2 is 1.80 bits per heavy atom. The average Bonchev–Trinajstić information content (AvgIpc) is 2.92. The fraction of sp³-hybridized carbons (Fsp3) is 0.300. The first-order valence-electron chi connectivity index (χ1n) is 8.29. The highest BCUT2D eigenvalue weighted by Gasteiger charge is 2.11. The summed E-state index contributed by atoms with van der Waals surface area (Å²) in [5.41, 5.74) is 4.94. The number of hydrogen-bond donors (Lipinski definition) is 0. The Hall–Kier alpha value is -2.27. The first kappa shape index (κ1) is 17.5. The van der Waals surface area contributed by atoms with Gasteiger partial charge < -0.3 is 9.30 Å². The van der Waals surface area contributed by atoms with Crippen molar-refractivity contribution in [2.75, 3.05) is 0 Å². The van der Waals surface area contributed by atoms with Crippen LogP contribution in [0.1, 0.15) is 28.1 Å². The van der Waals surface area contributed by atoms with Crippen LogP contribution in [0.4, 0.5) is 0 Å². The topological polar surface area (TPSA) is 39.9 Å². The van der Waals surface area contributed by atoms with Gasteiger partial charge in [0.1, 0.15) is 12.4 Å². The van der Waals surface area contributed by atoms with Crippen molar-refractivity contribution in [2.24, 2.45) is 7.05 Å². The molecule has 5 heteroatoms. The lowest BCUT2D eigenvalue weighted by Gasteiger charge is -2.09. The van der Waals surface area contributed by atoms with Crippen molar-refractivity contribution in [1.82, 2.24) is 14.8 Å². The predicted molar refractivity (Wildman–Crippen MR) is 102 cm³/mol. The molecule has 0 bridgehead atoms. The molecule has 0 saturated heterocycles. The van der Waals surface area contributed by atoms with Crippen molar-refractivity contribution in [3.05, 3.63) is 70.5 Å². The van der Waals surface area contributed by atoms with Crippen LogP contribution in [0.2, 0.25) is 0 Å². The maximum atomic E-state index is 5.92. The second-order valence-electron chi connectivity index (χ2n) is 6.29. The van der Waals surface area contributed by atoms with E-state index in [-0.39, 0.29) is 0 Å². The lowest BCUT2D eigenvalue weighted by Crippen LogP contribution is -2.05. The van der Waals surface area contributed by atoms with E-state index in [1.807, 2.05) is 17.7 Å². The van der Waals surface area contributed by atoms with Crippen molar-refractivity contribution in [3.63, 3.8) is 0 Å². The Labute approximate surface area is 153 Å². The molecule has 2 aromatic carbocycles. The van der Waals surface area contributed by atoms with Crippen molar-refractivity contribution in [2.45, 2.75) is 38.3 Å². The normalized spacial score (nSPS) is 10.9. The van der Waals surface area contributed by atoms with Crippen LogP contribution < -0.4 is 4.74 Å². The van der Waals surface area contributed by atoms with Gasteiger partial charge in [0.15, 0.2) is 11.0 Å². The van der Waals surface area contributed by atoms with E-state index >= 15 is 0 Å². The highest BCUT2D eigenvalue weighted by molar-refractivity contribution is 7.98. The van der Waals surface area contributed by atoms with E-state index in [1.165, 1.54) is 16.7 Å². The molecule has 130 valence electrons. The predicted octanol–water partition coefficient (Wildman–Crippen LogP) is 4.61. The molecule has 0 aliphatic heterocycles. The van der Waals surface area contributed by atoms with Gasteiger partial charge in [-0.3, -0.25) is 0 Å². The van der Waals surface area contributed by atoms with Crippen LogP contribution in [-0.4, -0.2) is 14.8 Å². The van der Waals surface area contributed by atoms with Gasteiger partial charge in [-0.25, -0.2) is 0 Å². The molecule has 1 heterocycles. The summed E-state index contributed by atoms with van der Waals surface area (Å²) in [5.74, 6) is 2.60. The molecule has 0 radical (unpaired) electrons. The number of rotatable bonds is 6. The first-order valence-corrected chi connectivity index (χ1v) is 9.28. The summed E-state index contributed by atoms with van der Waals surface area (Å²) in [5, 5.41) is 9.48. The van der Waals surface area contributed by atoms with E-state index in [1.54, 1.807) is 11.8 Å². The summed E-state index contributed by atoms with van der Waals surface area (Å²) in [6, 6.07) is 14.7. The summed E-state index contributed by atoms with van der Waals surface area (Å²) < 4.78 is 7.92. The van der Waals surface area contributed by atoms with E-state index < -0.39 is 0 Å². The van der Waals surface area contributed by atoms with Gasteiger partial charge in [-0.1, -0.05) is 59.3 Å². The minimum atomic E-state index is 0.415. The third-order valence-corrected chi connectivity index (χ3v) is 5.15. The second kappa shape index (κ2) is 7.74. The third kappa shape index (κ3) is 4.42. The molecule has 3 rings (SSSR count). The molecule has 25 heavy (non-hydrogen) atoms. The van der Waals surface area contributed by atoms with E-state index in [4.69, 9.17) is 4.74 Å². The quantitative estimate of drug-likeness (QED) is 0.607. The van der Waals surface area contributed by atoms with E-state index in [0.717, 1.165) is 28.0 Å². The first-order chi connectivity index (χ1) is 12.0. The number of aryl methyl sites for hydroxylation is 3. The SMILES string of the molecule is Cc1cccc(CSc2nnc(COc3ccc(C)cc3C)n2C)c1. The molecular weight excluding hydrogens is 330 g/mol. The van der Waals surface area contributed by atoms with Crippen molar-refractivity contribution in [3.8, 4) is 5.75 Å². The number of nitrogens with zero attached hydrogens (tertiary/aromatic N) is 3. The molecule has 0 amide bonds. The molecule has 0 spiro atoms. The van der Waals surface area contributed by atoms with Gasteiger partial charge in [0.05, 0.1) is 0 Å². The minimum Gasteiger partial charge on any atom is -0.485 e. The zero-order chi connectivity index (χ0) is 17.8. The van der Waals surface area contributed by atoms with Crippen LogP contribution in [0.5, 0.6) is 5.75 Å². The summed E-state index contributed by atoms with van der Waals surface area (Å²) in [7, 11) is 1.99. The molecule has 0 aliphatic rings. The van der Waals surface area contributed by atoms with Gasteiger partial charge in [0.25, 0.3) is 0 Å². The zero-order valence-corrected chi connectivity index (χ0v) is 15.9. The maximum absolute atomic E-state index is 5.92. The Kier molecular flexibility index (Phi) is 5.43. The van der Waals surface area contributed by atoms with Gasteiger partial charge in [0.2, 0.25) is 0 Å². The Morgan fingerprint density at radius 3 is 2.56 bits per heavy atom. The van der Waals surface area contributed by atoms with Gasteiger partial charge in [-0.05, 0) is 38.0 Å². The van der Waals surface area contributed by atoms with E-state index in [0.29, 0.717) is 6.61 Å². The zero-order valence-electron chi connectivity index (χ0n) is 15.1. The molecule has 0 unspecified atom stereocenters. The van der Waals surface area contributed by atoms with Gasteiger partial charge in [-0.2, -0.15) is 0 Å². The largest absolute Gasteiger partial charge is 0.485 e. The molecule has 0 fully saturated rings. The van der Waals surface area contributed by atoms with Gasteiger partial charge >= 0.3 is 0 Å². The average molecular weight is 353 g/mol.